The Kier molecular flexibility index (Phi) is 3.20. The maximum atomic E-state index is 5.81. The summed E-state index contributed by atoms with van der Waals surface area (Å²) in [5, 5.41) is 11.9. The van der Waals surface area contributed by atoms with Crippen LogP contribution in [0.3, 0.4) is 0 Å². The Morgan fingerprint density at radius 3 is 3.11 bits per heavy atom. The molecule has 3 rings (SSSR count). The molecule has 0 saturated carbocycles. The zero-order chi connectivity index (χ0) is 13.2. The Morgan fingerprint density at radius 2 is 2.26 bits per heavy atom. The first-order valence-electron chi connectivity index (χ1n) is 6.17. The van der Waals surface area contributed by atoms with Gasteiger partial charge in [0.2, 0.25) is 5.95 Å². The van der Waals surface area contributed by atoms with Crippen LogP contribution in [0.5, 0.6) is 0 Å². The lowest BCUT2D eigenvalue weighted by Gasteiger charge is -2.06. The molecule has 0 aromatic carbocycles. The summed E-state index contributed by atoms with van der Waals surface area (Å²) in [6, 6.07) is 1.64. The lowest BCUT2D eigenvalue weighted by Crippen LogP contribution is -2.11. The highest BCUT2D eigenvalue weighted by molar-refractivity contribution is 6.29. The number of anilines is 2. The van der Waals surface area contributed by atoms with E-state index >= 15 is 0 Å². The smallest absolute Gasteiger partial charge is 0.223 e. The lowest BCUT2D eigenvalue weighted by atomic mass is 10.4. The third kappa shape index (κ3) is 2.60. The summed E-state index contributed by atoms with van der Waals surface area (Å²) in [6.45, 7) is 1.72. The number of hydrogen-bond donors (Lipinski definition) is 2. The van der Waals surface area contributed by atoms with E-state index in [4.69, 9.17) is 17.3 Å². The summed E-state index contributed by atoms with van der Waals surface area (Å²) in [6.07, 6.45) is 2.97. The minimum absolute atomic E-state index is 0.165. The molecule has 0 spiro atoms. The normalized spacial score (nSPS) is 13.5. The van der Waals surface area contributed by atoms with Crippen LogP contribution in [0.15, 0.2) is 6.07 Å². The predicted molar refractivity (Wildman–Crippen MR) is 72.0 cm³/mol. The predicted octanol–water partition coefficient (Wildman–Crippen LogP) is 0.904. The molecule has 0 fully saturated rings. The molecule has 2 aromatic heterocycles. The van der Waals surface area contributed by atoms with Gasteiger partial charge in [0.1, 0.15) is 22.6 Å². The Balaban J connectivity index is 1.61. The molecule has 0 bridgehead atoms. The second-order valence-corrected chi connectivity index (χ2v) is 4.79. The molecule has 0 amide bonds. The van der Waals surface area contributed by atoms with E-state index in [1.807, 2.05) is 0 Å². The van der Waals surface area contributed by atoms with Crippen molar-refractivity contribution in [3.63, 3.8) is 0 Å². The minimum atomic E-state index is 0.165. The molecule has 3 heterocycles. The third-order valence-corrected chi connectivity index (χ3v) is 3.25. The van der Waals surface area contributed by atoms with Crippen molar-refractivity contribution in [2.75, 3.05) is 17.6 Å². The molecule has 0 atom stereocenters. The van der Waals surface area contributed by atoms with E-state index in [1.54, 1.807) is 6.07 Å². The van der Waals surface area contributed by atoms with Crippen molar-refractivity contribution in [2.24, 2.45) is 0 Å². The van der Waals surface area contributed by atoms with Gasteiger partial charge in [0.25, 0.3) is 0 Å². The van der Waals surface area contributed by atoms with Gasteiger partial charge in [-0.25, -0.2) is 4.98 Å². The zero-order valence-corrected chi connectivity index (χ0v) is 11.1. The largest absolute Gasteiger partial charge is 0.369 e. The summed E-state index contributed by atoms with van der Waals surface area (Å²) in [5.74, 6) is 2.88. The topological polar surface area (TPSA) is 94.5 Å². The first-order valence-corrected chi connectivity index (χ1v) is 6.55. The van der Waals surface area contributed by atoms with E-state index in [1.165, 1.54) is 0 Å². The fourth-order valence-corrected chi connectivity index (χ4v) is 2.41. The van der Waals surface area contributed by atoms with Crippen LogP contribution in [-0.4, -0.2) is 31.3 Å². The monoisotopic (exact) mass is 279 g/mol. The maximum absolute atomic E-state index is 5.81. The Bertz CT molecular complexity index is 574. The Morgan fingerprint density at radius 1 is 1.37 bits per heavy atom. The number of nitrogens with two attached hydrogens (primary N) is 1. The van der Waals surface area contributed by atoms with Gasteiger partial charge in [-0.3, -0.25) is 0 Å². The molecule has 8 heteroatoms. The number of nitrogens with zero attached hydrogens (tertiary/aromatic N) is 5. The van der Waals surface area contributed by atoms with E-state index < -0.39 is 0 Å². The van der Waals surface area contributed by atoms with E-state index in [9.17, 15) is 0 Å². The molecule has 0 radical (unpaired) electrons. The summed E-state index contributed by atoms with van der Waals surface area (Å²) in [7, 11) is 0. The number of aryl methyl sites for hydroxylation is 1. The van der Waals surface area contributed by atoms with Gasteiger partial charge in [-0.2, -0.15) is 4.98 Å². The first kappa shape index (κ1) is 12.2. The van der Waals surface area contributed by atoms with Crippen molar-refractivity contribution < 1.29 is 0 Å². The molecule has 0 unspecified atom stereocenters. The molecule has 100 valence electrons. The van der Waals surface area contributed by atoms with Gasteiger partial charge in [-0.1, -0.05) is 11.6 Å². The number of nitrogen functional groups attached to an aromatic ring is 1. The van der Waals surface area contributed by atoms with E-state index in [0.29, 0.717) is 17.5 Å². The summed E-state index contributed by atoms with van der Waals surface area (Å²) < 4.78 is 2.18. The van der Waals surface area contributed by atoms with Crippen molar-refractivity contribution in [2.45, 2.75) is 25.8 Å². The fraction of sp³-hybridized carbons (Fsp3) is 0.455. The highest BCUT2D eigenvalue weighted by Crippen LogP contribution is 2.15. The molecule has 1 aliphatic heterocycles. The van der Waals surface area contributed by atoms with Gasteiger partial charge in [-0.05, 0) is 6.42 Å². The van der Waals surface area contributed by atoms with E-state index in [2.05, 4.69) is 30.0 Å². The van der Waals surface area contributed by atoms with Crippen LogP contribution in [0.4, 0.5) is 11.8 Å². The van der Waals surface area contributed by atoms with E-state index in [0.717, 1.165) is 37.5 Å². The van der Waals surface area contributed by atoms with Gasteiger partial charge < -0.3 is 15.6 Å². The van der Waals surface area contributed by atoms with Crippen LogP contribution in [0.1, 0.15) is 18.1 Å². The summed E-state index contributed by atoms with van der Waals surface area (Å²) >= 11 is 5.81. The average molecular weight is 280 g/mol. The molecule has 0 saturated heterocycles. The molecule has 1 aliphatic rings. The molecule has 3 N–H and O–H groups in total. The molecule has 19 heavy (non-hydrogen) atoms. The van der Waals surface area contributed by atoms with E-state index in [-0.39, 0.29) is 5.95 Å². The number of rotatable bonds is 4. The first-order chi connectivity index (χ1) is 9.22. The number of aromatic nitrogens is 5. The molecule has 0 aliphatic carbocycles. The second kappa shape index (κ2) is 5.00. The lowest BCUT2D eigenvalue weighted by molar-refractivity contribution is 0.687. The van der Waals surface area contributed by atoms with Gasteiger partial charge in [0.15, 0.2) is 0 Å². The van der Waals surface area contributed by atoms with Crippen molar-refractivity contribution in [3.8, 4) is 0 Å². The molecule has 2 aromatic rings. The van der Waals surface area contributed by atoms with Crippen LogP contribution in [0.25, 0.3) is 0 Å². The van der Waals surface area contributed by atoms with Gasteiger partial charge >= 0.3 is 0 Å². The zero-order valence-electron chi connectivity index (χ0n) is 10.3. The highest BCUT2D eigenvalue weighted by Gasteiger charge is 2.16. The van der Waals surface area contributed by atoms with Crippen LogP contribution < -0.4 is 11.1 Å². The molecular weight excluding hydrogens is 266 g/mol. The Labute approximate surface area is 115 Å². The van der Waals surface area contributed by atoms with Crippen molar-refractivity contribution in [3.05, 3.63) is 22.9 Å². The van der Waals surface area contributed by atoms with Crippen LogP contribution in [0.2, 0.25) is 5.15 Å². The standard InChI is InChI=1S/C11H14ClN7/c12-7-6-8(16-11(13)15-7)14-4-3-10-18-17-9-2-1-5-19(9)10/h6H,1-5H2,(H3,13,14,15,16). The third-order valence-electron chi connectivity index (χ3n) is 3.05. The summed E-state index contributed by atoms with van der Waals surface area (Å²) in [4.78, 5) is 7.86. The second-order valence-electron chi connectivity index (χ2n) is 4.40. The number of hydrogen-bond acceptors (Lipinski definition) is 6. The number of nitrogens with one attached hydrogen (secondary N) is 1. The summed E-state index contributed by atoms with van der Waals surface area (Å²) in [5.41, 5.74) is 5.53. The van der Waals surface area contributed by atoms with Crippen molar-refractivity contribution >= 4 is 23.4 Å². The van der Waals surface area contributed by atoms with Gasteiger partial charge in [0, 0.05) is 32.0 Å². The fourth-order valence-electron chi connectivity index (χ4n) is 2.22. The average Bonchev–Trinajstić information content (AvgIpc) is 2.92. The van der Waals surface area contributed by atoms with Crippen LogP contribution >= 0.6 is 11.6 Å². The maximum Gasteiger partial charge on any atom is 0.223 e. The Hall–Kier alpha value is -1.89. The SMILES string of the molecule is Nc1nc(Cl)cc(NCCc2nnc3n2CCC3)n1. The molecule has 7 nitrogen and oxygen atoms in total. The van der Waals surface area contributed by atoms with Crippen LogP contribution in [0, 0.1) is 0 Å². The van der Waals surface area contributed by atoms with Crippen molar-refractivity contribution in [1.29, 1.82) is 0 Å². The van der Waals surface area contributed by atoms with Gasteiger partial charge in [0.05, 0.1) is 0 Å². The van der Waals surface area contributed by atoms with Gasteiger partial charge in [-0.15, -0.1) is 10.2 Å². The minimum Gasteiger partial charge on any atom is -0.369 e. The number of fused-ring (bicyclic) bond motifs is 1. The quantitative estimate of drug-likeness (QED) is 0.808. The van der Waals surface area contributed by atoms with Crippen LogP contribution in [-0.2, 0) is 19.4 Å². The van der Waals surface area contributed by atoms with Crippen molar-refractivity contribution in [1.82, 2.24) is 24.7 Å². The molecular formula is C11H14ClN7. The number of halogens is 1. The highest BCUT2D eigenvalue weighted by atomic mass is 35.5.